The first-order valence-corrected chi connectivity index (χ1v) is 9.32. The number of carbonyl (C=O) groups excluding carboxylic acids is 1. The molecule has 1 aliphatic rings. The Balaban J connectivity index is 1.53. The first-order valence-electron chi connectivity index (χ1n) is 9.32. The molecule has 0 heterocycles. The monoisotopic (exact) mass is 336 g/mol. The molecule has 1 amide bonds. The molecule has 3 nitrogen and oxygen atoms in total. The van der Waals surface area contributed by atoms with Gasteiger partial charge in [-0.3, -0.25) is 4.79 Å². The Labute approximate surface area is 151 Å². The first-order chi connectivity index (χ1) is 12.2. The Hall–Kier alpha value is -2.29. The van der Waals surface area contributed by atoms with E-state index in [1.807, 2.05) is 24.3 Å². The fourth-order valence-corrected chi connectivity index (χ4v) is 3.88. The Kier molecular flexibility index (Phi) is 5.75. The molecule has 3 rings (SSSR count). The van der Waals surface area contributed by atoms with E-state index in [1.165, 1.54) is 11.3 Å². The van der Waals surface area contributed by atoms with Crippen molar-refractivity contribution in [2.45, 2.75) is 37.5 Å². The Bertz CT molecular complexity index is 663. The third kappa shape index (κ3) is 4.04. The number of rotatable bonds is 7. The Morgan fingerprint density at radius 1 is 1.00 bits per heavy atom. The second-order valence-corrected chi connectivity index (χ2v) is 7.02. The van der Waals surface area contributed by atoms with Gasteiger partial charge in [0.05, 0.1) is 5.41 Å². The molecule has 3 heteroatoms. The number of carbonyl (C=O) groups is 1. The van der Waals surface area contributed by atoms with Crippen molar-refractivity contribution in [2.24, 2.45) is 0 Å². The van der Waals surface area contributed by atoms with E-state index in [0.717, 1.165) is 45.2 Å². The van der Waals surface area contributed by atoms with Crippen LogP contribution in [0.15, 0.2) is 60.7 Å². The average Bonchev–Trinajstić information content (AvgIpc) is 3.17. The van der Waals surface area contributed by atoms with Crippen molar-refractivity contribution in [1.82, 2.24) is 5.32 Å². The molecule has 0 aromatic heterocycles. The van der Waals surface area contributed by atoms with E-state index in [4.69, 9.17) is 0 Å². The lowest BCUT2D eigenvalue weighted by molar-refractivity contribution is -0.126. The third-order valence-electron chi connectivity index (χ3n) is 5.37. The van der Waals surface area contributed by atoms with Crippen molar-refractivity contribution >= 4 is 11.6 Å². The van der Waals surface area contributed by atoms with Gasteiger partial charge in [-0.1, -0.05) is 61.4 Å². The van der Waals surface area contributed by atoms with Gasteiger partial charge in [-0.15, -0.1) is 0 Å². The summed E-state index contributed by atoms with van der Waals surface area (Å²) in [5.41, 5.74) is 2.07. The summed E-state index contributed by atoms with van der Waals surface area (Å²) in [5.74, 6) is 0.207. The van der Waals surface area contributed by atoms with Crippen molar-refractivity contribution in [1.29, 1.82) is 0 Å². The van der Waals surface area contributed by atoms with E-state index in [9.17, 15) is 4.79 Å². The molecule has 0 aliphatic heterocycles. The summed E-state index contributed by atoms with van der Waals surface area (Å²) in [4.78, 5) is 15.2. The molecule has 1 aliphatic carbocycles. The van der Waals surface area contributed by atoms with Crippen molar-refractivity contribution in [3.63, 3.8) is 0 Å². The standard InChI is InChI=1S/C22H28N2O/c1-24(20-13-6-3-7-14-20)18-10-17-23-21(25)22(15-8-9-16-22)19-11-4-2-5-12-19/h2-7,11-14H,8-10,15-18H2,1H3,(H,23,25). The molecule has 0 radical (unpaired) electrons. The summed E-state index contributed by atoms with van der Waals surface area (Å²) in [7, 11) is 2.10. The van der Waals surface area contributed by atoms with Gasteiger partial charge in [-0.05, 0) is 37.0 Å². The second kappa shape index (κ2) is 8.19. The molecular formula is C22H28N2O. The summed E-state index contributed by atoms with van der Waals surface area (Å²) in [5, 5.41) is 3.21. The summed E-state index contributed by atoms with van der Waals surface area (Å²) in [6.07, 6.45) is 5.15. The zero-order valence-electron chi connectivity index (χ0n) is 15.1. The van der Waals surface area contributed by atoms with Gasteiger partial charge in [-0.25, -0.2) is 0 Å². The summed E-state index contributed by atoms with van der Waals surface area (Å²) < 4.78 is 0. The minimum Gasteiger partial charge on any atom is -0.375 e. The van der Waals surface area contributed by atoms with Gasteiger partial charge < -0.3 is 10.2 Å². The Morgan fingerprint density at radius 2 is 1.60 bits per heavy atom. The zero-order valence-corrected chi connectivity index (χ0v) is 15.1. The molecule has 0 saturated heterocycles. The highest BCUT2D eigenvalue weighted by Gasteiger charge is 2.42. The normalized spacial score (nSPS) is 15.7. The number of benzene rings is 2. The number of hydrogen-bond donors (Lipinski definition) is 1. The number of anilines is 1. The van der Waals surface area contributed by atoms with Crippen molar-refractivity contribution in [3.05, 3.63) is 66.2 Å². The molecular weight excluding hydrogens is 308 g/mol. The fourth-order valence-electron chi connectivity index (χ4n) is 3.88. The van der Waals surface area contributed by atoms with Gasteiger partial charge in [0, 0.05) is 25.8 Å². The zero-order chi connectivity index (χ0) is 17.5. The maximum Gasteiger partial charge on any atom is 0.230 e. The van der Waals surface area contributed by atoms with Crippen molar-refractivity contribution < 1.29 is 4.79 Å². The topological polar surface area (TPSA) is 32.3 Å². The lowest BCUT2D eigenvalue weighted by atomic mass is 9.78. The molecule has 1 saturated carbocycles. The molecule has 2 aromatic rings. The van der Waals surface area contributed by atoms with Crippen molar-refractivity contribution in [3.8, 4) is 0 Å². The van der Waals surface area contributed by atoms with Gasteiger partial charge in [0.25, 0.3) is 0 Å². The molecule has 1 N–H and O–H groups in total. The molecule has 2 aromatic carbocycles. The van der Waals surface area contributed by atoms with E-state index >= 15 is 0 Å². The van der Waals surface area contributed by atoms with Crippen LogP contribution < -0.4 is 10.2 Å². The molecule has 0 unspecified atom stereocenters. The van der Waals surface area contributed by atoms with E-state index in [2.05, 4.69) is 53.7 Å². The van der Waals surface area contributed by atoms with E-state index in [-0.39, 0.29) is 11.3 Å². The van der Waals surface area contributed by atoms with Crippen LogP contribution in [0.4, 0.5) is 5.69 Å². The van der Waals surface area contributed by atoms with Crippen LogP contribution >= 0.6 is 0 Å². The number of nitrogens with one attached hydrogen (secondary N) is 1. The van der Waals surface area contributed by atoms with Crippen LogP contribution in [-0.2, 0) is 10.2 Å². The molecule has 0 bridgehead atoms. The number of para-hydroxylation sites is 1. The molecule has 0 atom stereocenters. The maximum absolute atomic E-state index is 13.0. The van der Waals surface area contributed by atoms with Crippen LogP contribution in [0.5, 0.6) is 0 Å². The molecule has 1 fully saturated rings. The highest BCUT2D eigenvalue weighted by Crippen LogP contribution is 2.41. The number of amides is 1. The molecule has 132 valence electrons. The second-order valence-electron chi connectivity index (χ2n) is 7.02. The van der Waals surface area contributed by atoms with E-state index in [0.29, 0.717) is 0 Å². The molecule has 0 spiro atoms. The first kappa shape index (κ1) is 17.5. The maximum atomic E-state index is 13.0. The lowest BCUT2D eigenvalue weighted by Crippen LogP contribution is -2.43. The SMILES string of the molecule is CN(CCCNC(=O)C1(c2ccccc2)CCCC1)c1ccccc1. The predicted octanol–water partition coefficient (Wildman–Crippen LogP) is 4.14. The van der Waals surface area contributed by atoms with Crippen molar-refractivity contribution in [2.75, 3.05) is 25.0 Å². The minimum atomic E-state index is -0.313. The summed E-state index contributed by atoms with van der Waals surface area (Å²) in [6, 6.07) is 20.7. The largest absolute Gasteiger partial charge is 0.375 e. The van der Waals surface area contributed by atoms with Crippen LogP contribution in [-0.4, -0.2) is 26.0 Å². The fraction of sp³-hybridized carbons (Fsp3) is 0.409. The van der Waals surface area contributed by atoms with Gasteiger partial charge in [-0.2, -0.15) is 0 Å². The summed E-state index contributed by atoms with van der Waals surface area (Å²) in [6.45, 7) is 1.66. The highest BCUT2D eigenvalue weighted by atomic mass is 16.2. The average molecular weight is 336 g/mol. The van der Waals surface area contributed by atoms with Crippen LogP contribution in [0.3, 0.4) is 0 Å². The van der Waals surface area contributed by atoms with Gasteiger partial charge in [0.15, 0.2) is 0 Å². The minimum absolute atomic E-state index is 0.207. The smallest absolute Gasteiger partial charge is 0.230 e. The lowest BCUT2D eigenvalue weighted by Gasteiger charge is -2.28. The predicted molar refractivity (Wildman–Crippen MR) is 104 cm³/mol. The molecule has 25 heavy (non-hydrogen) atoms. The van der Waals surface area contributed by atoms with Gasteiger partial charge in [0.2, 0.25) is 5.91 Å². The van der Waals surface area contributed by atoms with Crippen LogP contribution in [0.2, 0.25) is 0 Å². The van der Waals surface area contributed by atoms with Crippen LogP contribution in [0.25, 0.3) is 0 Å². The highest BCUT2D eigenvalue weighted by molar-refractivity contribution is 5.88. The van der Waals surface area contributed by atoms with E-state index < -0.39 is 0 Å². The van der Waals surface area contributed by atoms with Gasteiger partial charge >= 0.3 is 0 Å². The number of hydrogen-bond acceptors (Lipinski definition) is 2. The third-order valence-corrected chi connectivity index (χ3v) is 5.37. The van der Waals surface area contributed by atoms with Crippen LogP contribution in [0, 0.1) is 0 Å². The number of nitrogens with zero attached hydrogens (tertiary/aromatic N) is 1. The quantitative estimate of drug-likeness (QED) is 0.771. The van der Waals surface area contributed by atoms with E-state index in [1.54, 1.807) is 0 Å². The Morgan fingerprint density at radius 3 is 2.24 bits per heavy atom. The van der Waals surface area contributed by atoms with Gasteiger partial charge in [0.1, 0.15) is 0 Å². The van der Waals surface area contributed by atoms with Crippen LogP contribution in [0.1, 0.15) is 37.7 Å². The summed E-state index contributed by atoms with van der Waals surface area (Å²) >= 11 is 0.